The van der Waals surface area contributed by atoms with Gasteiger partial charge in [0.05, 0.1) is 5.39 Å². The summed E-state index contributed by atoms with van der Waals surface area (Å²) in [6, 6.07) is 10.2. The van der Waals surface area contributed by atoms with Gasteiger partial charge in [0.2, 0.25) is 0 Å². The zero-order chi connectivity index (χ0) is 14.1. The summed E-state index contributed by atoms with van der Waals surface area (Å²) < 4.78 is 5.09. The first-order valence-electron chi connectivity index (χ1n) is 5.93. The number of halogens is 1. The van der Waals surface area contributed by atoms with E-state index in [1.807, 2.05) is 19.1 Å². The first-order chi connectivity index (χ1) is 9.63. The molecule has 0 saturated carbocycles. The fourth-order valence-electron chi connectivity index (χ4n) is 1.79. The highest BCUT2D eigenvalue weighted by Gasteiger charge is 2.13. The average molecular weight is 288 g/mol. The molecule has 0 unspecified atom stereocenters. The fraction of sp³-hybridized carbons (Fsp3) is 0.0714. The van der Waals surface area contributed by atoms with Crippen molar-refractivity contribution in [3.8, 4) is 0 Å². The van der Waals surface area contributed by atoms with Crippen LogP contribution in [0.1, 0.15) is 16.1 Å². The van der Waals surface area contributed by atoms with Gasteiger partial charge in [0, 0.05) is 16.3 Å². The molecule has 3 aromatic rings. The van der Waals surface area contributed by atoms with E-state index in [1.54, 1.807) is 24.3 Å². The van der Waals surface area contributed by atoms with E-state index in [9.17, 15) is 4.79 Å². The Hall–Kier alpha value is -2.40. The van der Waals surface area contributed by atoms with Gasteiger partial charge in [0.1, 0.15) is 0 Å². The number of amides is 1. The first-order valence-corrected chi connectivity index (χ1v) is 6.31. The summed E-state index contributed by atoms with van der Waals surface area (Å²) in [6.45, 7) is 1.86. The third-order valence-electron chi connectivity index (χ3n) is 2.82. The number of fused-ring (bicyclic) bond motifs is 1. The smallest absolute Gasteiger partial charge is 0.260 e. The van der Waals surface area contributed by atoms with Gasteiger partial charge in [0.25, 0.3) is 11.6 Å². The lowest BCUT2D eigenvalue weighted by atomic mass is 10.2. The summed E-state index contributed by atoms with van der Waals surface area (Å²) in [7, 11) is 0. The molecule has 0 aliphatic carbocycles. The van der Waals surface area contributed by atoms with Crippen LogP contribution in [0, 0.1) is 6.92 Å². The Kier molecular flexibility index (Phi) is 3.12. The van der Waals surface area contributed by atoms with Gasteiger partial charge >= 0.3 is 0 Å². The zero-order valence-corrected chi connectivity index (χ0v) is 11.3. The summed E-state index contributed by atoms with van der Waals surface area (Å²) in [5.74, 6) is 0.0740. The molecule has 20 heavy (non-hydrogen) atoms. The minimum Gasteiger partial charge on any atom is -0.334 e. The van der Waals surface area contributed by atoms with E-state index in [2.05, 4.69) is 15.5 Å². The van der Waals surface area contributed by atoms with Gasteiger partial charge in [-0.2, -0.15) is 0 Å². The number of aromatic nitrogens is 2. The molecular formula is C14H10ClN3O2. The molecule has 0 saturated heterocycles. The van der Waals surface area contributed by atoms with E-state index in [-0.39, 0.29) is 5.91 Å². The van der Waals surface area contributed by atoms with E-state index in [1.165, 1.54) is 0 Å². The van der Waals surface area contributed by atoms with Crippen LogP contribution in [0.2, 0.25) is 5.02 Å². The maximum atomic E-state index is 12.1. The molecule has 0 radical (unpaired) electrons. The number of nitrogens with one attached hydrogen (secondary N) is 1. The predicted octanol–water partition coefficient (Wildman–Crippen LogP) is 3.44. The highest BCUT2D eigenvalue weighted by molar-refractivity contribution is 6.30. The first kappa shape index (κ1) is 12.6. The molecule has 1 N–H and O–H groups in total. The Morgan fingerprint density at radius 2 is 1.95 bits per heavy atom. The SMILES string of the molecule is Cc1ccc2c(NC(=O)c3ccc(Cl)cc3)noc2n1. The normalized spacial score (nSPS) is 10.7. The van der Waals surface area contributed by atoms with Crippen LogP contribution in [-0.4, -0.2) is 16.0 Å². The maximum Gasteiger partial charge on any atom is 0.260 e. The Balaban J connectivity index is 1.89. The van der Waals surface area contributed by atoms with Crippen LogP contribution < -0.4 is 5.32 Å². The summed E-state index contributed by atoms with van der Waals surface area (Å²) in [5, 5.41) is 7.76. The van der Waals surface area contributed by atoms with Crippen molar-refractivity contribution in [3.05, 3.63) is 52.7 Å². The zero-order valence-electron chi connectivity index (χ0n) is 10.6. The highest BCUT2D eigenvalue weighted by atomic mass is 35.5. The number of carbonyl (C=O) groups is 1. The van der Waals surface area contributed by atoms with Crippen LogP contribution in [0.3, 0.4) is 0 Å². The molecule has 100 valence electrons. The van der Waals surface area contributed by atoms with Gasteiger partial charge < -0.3 is 9.84 Å². The molecular weight excluding hydrogens is 278 g/mol. The molecule has 1 aromatic carbocycles. The lowest BCUT2D eigenvalue weighted by Gasteiger charge is -2.01. The van der Waals surface area contributed by atoms with Gasteiger partial charge in [-0.05, 0) is 43.3 Å². The topological polar surface area (TPSA) is 68.0 Å². The van der Waals surface area contributed by atoms with E-state index >= 15 is 0 Å². The Morgan fingerprint density at radius 1 is 1.20 bits per heavy atom. The molecule has 0 spiro atoms. The number of hydrogen-bond donors (Lipinski definition) is 1. The Morgan fingerprint density at radius 3 is 2.70 bits per heavy atom. The van der Waals surface area contributed by atoms with Crippen LogP contribution >= 0.6 is 11.6 Å². The van der Waals surface area contributed by atoms with Crippen LogP contribution in [0.15, 0.2) is 40.9 Å². The minimum absolute atomic E-state index is 0.280. The van der Waals surface area contributed by atoms with Gasteiger partial charge in [-0.3, -0.25) is 4.79 Å². The molecule has 1 amide bonds. The Labute approximate surface area is 119 Å². The number of pyridine rings is 1. The minimum atomic E-state index is -0.280. The van der Waals surface area contributed by atoms with Crippen molar-refractivity contribution in [2.75, 3.05) is 5.32 Å². The van der Waals surface area contributed by atoms with Gasteiger partial charge in [0.15, 0.2) is 5.82 Å². The van der Waals surface area contributed by atoms with Crippen molar-refractivity contribution < 1.29 is 9.32 Å². The fourth-order valence-corrected chi connectivity index (χ4v) is 1.92. The quantitative estimate of drug-likeness (QED) is 0.784. The van der Waals surface area contributed by atoms with Crippen LogP contribution in [-0.2, 0) is 0 Å². The number of aryl methyl sites for hydroxylation is 1. The summed E-state index contributed by atoms with van der Waals surface area (Å²) >= 11 is 5.78. The molecule has 0 aliphatic rings. The van der Waals surface area contributed by atoms with Gasteiger partial charge in [-0.25, -0.2) is 4.98 Å². The molecule has 0 bridgehead atoms. The van der Waals surface area contributed by atoms with Crippen molar-refractivity contribution in [2.45, 2.75) is 6.92 Å². The van der Waals surface area contributed by atoms with E-state index in [0.717, 1.165) is 5.69 Å². The molecule has 6 heteroatoms. The standard InChI is InChI=1S/C14H10ClN3O2/c1-8-2-7-11-12(18-20-14(11)16-8)17-13(19)9-3-5-10(15)6-4-9/h2-7H,1H3,(H,17,18,19). The third-order valence-corrected chi connectivity index (χ3v) is 3.07. The summed E-state index contributed by atoms with van der Waals surface area (Å²) in [6.07, 6.45) is 0. The molecule has 2 aromatic heterocycles. The number of rotatable bonds is 2. The van der Waals surface area contributed by atoms with Crippen molar-refractivity contribution in [1.82, 2.24) is 10.1 Å². The molecule has 0 aliphatic heterocycles. The largest absolute Gasteiger partial charge is 0.334 e. The molecule has 3 rings (SSSR count). The summed E-state index contributed by atoms with van der Waals surface area (Å²) in [5.41, 5.74) is 1.71. The van der Waals surface area contributed by atoms with Crippen molar-refractivity contribution >= 4 is 34.4 Å². The second-order valence-electron chi connectivity index (χ2n) is 4.30. The number of carbonyl (C=O) groups excluding carboxylic acids is 1. The lowest BCUT2D eigenvalue weighted by molar-refractivity contribution is 0.102. The van der Waals surface area contributed by atoms with E-state index in [4.69, 9.17) is 16.1 Å². The maximum absolute atomic E-state index is 12.1. The van der Waals surface area contributed by atoms with Crippen molar-refractivity contribution in [3.63, 3.8) is 0 Å². The molecule has 5 nitrogen and oxygen atoms in total. The highest BCUT2D eigenvalue weighted by Crippen LogP contribution is 2.22. The van der Waals surface area contributed by atoms with Gasteiger partial charge in [-0.15, -0.1) is 0 Å². The van der Waals surface area contributed by atoms with Crippen LogP contribution in [0.4, 0.5) is 5.82 Å². The van der Waals surface area contributed by atoms with E-state index in [0.29, 0.717) is 27.5 Å². The number of hydrogen-bond acceptors (Lipinski definition) is 4. The third kappa shape index (κ3) is 2.35. The van der Waals surface area contributed by atoms with Crippen molar-refractivity contribution in [2.24, 2.45) is 0 Å². The van der Waals surface area contributed by atoms with E-state index < -0.39 is 0 Å². The van der Waals surface area contributed by atoms with Crippen LogP contribution in [0.25, 0.3) is 11.1 Å². The molecule has 0 fully saturated rings. The number of benzene rings is 1. The number of nitrogens with zero attached hydrogens (tertiary/aromatic N) is 2. The second kappa shape index (κ2) is 4.94. The average Bonchev–Trinajstić information content (AvgIpc) is 2.81. The number of anilines is 1. The second-order valence-corrected chi connectivity index (χ2v) is 4.73. The molecule has 2 heterocycles. The summed E-state index contributed by atoms with van der Waals surface area (Å²) in [4.78, 5) is 16.3. The monoisotopic (exact) mass is 287 g/mol. The predicted molar refractivity (Wildman–Crippen MR) is 75.9 cm³/mol. The molecule has 0 atom stereocenters. The van der Waals surface area contributed by atoms with Gasteiger partial charge in [-0.1, -0.05) is 16.8 Å². The Bertz CT molecular complexity index is 781. The van der Waals surface area contributed by atoms with Crippen LogP contribution in [0.5, 0.6) is 0 Å². The lowest BCUT2D eigenvalue weighted by Crippen LogP contribution is -2.12. The van der Waals surface area contributed by atoms with Crippen molar-refractivity contribution in [1.29, 1.82) is 0 Å².